The van der Waals surface area contributed by atoms with E-state index in [1.54, 1.807) is 24.7 Å². The molecular weight excluding hydrogens is 284 g/mol. The number of hydrogen-bond donors (Lipinski definition) is 1. The first-order chi connectivity index (χ1) is 10.5. The monoisotopic (exact) mass is 302 g/mol. The summed E-state index contributed by atoms with van der Waals surface area (Å²) in [7, 11) is 0. The minimum absolute atomic E-state index is 0.0161. The predicted molar refractivity (Wildman–Crippen MR) is 82.7 cm³/mol. The van der Waals surface area contributed by atoms with E-state index in [-0.39, 0.29) is 23.3 Å². The number of amides is 1. The molecule has 0 saturated heterocycles. The first-order valence-corrected chi connectivity index (χ1v) is 7.06. The lowest BCUT2D eigenvalue weighted by Gasteiger charge is -2.18. The summed E-state index contributed by atoms with van der Waals surface area (Å²) < 4.78 is 1.93. The van der Waals surface area contributed by atoms with Crippen molar-refractivity contribution in [3.63, 3.8) is 0 Å². The molecule has 1 N–H and O–H groups in total. The molecule has 7 heteroatoms. The van der Waals surface area contributed by atoms with E-state index >= 15 is 0 Å². The third-order valence-corrected chi connectivity index (χ3v) is 3.36. The van der Waals surface area contributed by atoms with Crippen molar-refractivity contribution in [1.82, 2.24) is 9.55 Å². The molecule has 0 saturated carbocycles. The predicted octanol–water partition coefficient (Wildman–Crippen LogP) is 3.14. The molecule has 0 bridgehead atoms. The second-order valence-corrected chi connectivity index (χ2v) is 5.03. The average molecular weight is 302 g/mol. The lowest BCUT2D eigenvalue weighted by molar-refractivity contribution is -0.384. The highest BCUT2D eigenvalue weighted by Gasteiger charge is 2.20. The molecule has 0 aliphatic carbocycles. The van der Waals surface area contributed by atoms with E-state index in [2.05, 4.69) is 17.2 Å². The van der Waals surface area contributed by atoms with E-state index < -0.39 is 4.92 Å². The van der Waals surface area contributed by atoms with Gasteiger partial charge in [0.15, 0.2) is 0 Å². The summed E-state index contributed by atoms with van der Waals surface area (Å²) in [6, 6.07) is 4.89. The highest BCUT2D eigenvalue weighted by atomic mass is 16.6. The van der Waals surface area contributed by atoms with Crippen LogP contribution in [0.5, 0.6) is 0 Å². The summed E-state index contributed by atoms with van der Waals surface area (Å²) in [5.74, 6) is -0.337. The second-order valence-electron chi connectivity index (χ2n) is 5.03. The van der Waals surface area contributed by atoms with Crippen LogP contribution in [0.2, 0.25) is 0 Å². The minimum Gasteiger partial charge on any atom is -0.330 e. The van der Waals surface area contributed by atoms with Gasteiger partial charge < -0.3 is 9.88 Å². The van der Waals surface area contributed by atoms with Crippen molar-refractivity contribution in [2.75, 3.05) is 5.32 Å². The molecule has 0 aliphatic rings. The lowest BCUT2D eigenvalue weighted by Crippen LogP contribution is -2.11. The minimum atomic E-state index is -0.480. The molecule has 22 heavy (non-hydrogen) atoms. The summed E-state index contributed by atoms with van der Waals surface area (Å²) in [6.45, 7) is 3.38. The Morgan fingerprint density at radius 1 is 1.50 bits per heavy atom. The molecule has 0 radical (unpaired) electrons. The van der Waals surface area contributed by atoms with E-state index in [0.29, 0.717) is 0 Å². The lowest BCUT2D eigenvalue weighted by atomic mass is 10.0. The molecule has 0 spiro atoms. The molecule has 1 amide bonds. The molecule has 1 aromatic heterocycles. The highest BCUT2D eigenvalue weighted by Crippen LogP contribution is 2.31. The van der Waals surface area contributed by atoms with Crippen molar-refractivity contribution in [3.8, 4) is 0 Å². The molecule has 1 unspecified atom stereocenters. The molecule has 0 aliphatic heterocycles. The van der Waals surface area contributed by atoms with Crippen LogP contribution in [0.3, 0.4) is 0 Å². The number of anilines is 1. The highest BCUT2D eigenvalue weighted by molar-refractivity contribution is 5.91. The van der Waals surface area contributed by atoms with Crippen LogP contribution in [0.1, 0.15) is 38.3 Å². The first kappa shape index (κ1) is 15.7. The zero-order valence-electron chi connectivity index (χ0n) is 12.5. The van der Waals surface area contributed by atoms with Crippen LogP contribution >= 0.6 is 0 Å². The number of imidazole rings is 1. The summed E-state index contributed by atoms with van der Waals surface area (Å²) in [6.07, 6.45) is 7.00. The van der Waals surface area contributed by atoms with Gasteiger partial charge in [-0.2, -0.15) is 0 Å². The van der Waals surface area contributed by atoms with Gasteiger partial charge in [0.1, 0.15) is 5.69 Å². The van der Waals surface area contributed by atoms with Crippen LogP contribution in [0.15, 0.2) is 36.9 Å². The third-order valence-electron chi connectivity index (χ3n) is 3.36. The van der Waals surface area contributed by atoms with Crippen molar-refractivity contribution in [2.24, 2.45) is 0 Å². The van der Waals surface area contributed by atoms with Crippen LogP contribution in [-0.2, 0) is 4.79 Å². The Morgan fingerprint density at radius 2 is 2.27 bits per heavy atom. The number of benzene rings is 1. The number of rotatable bonds is 6. The van der Waals surface area contributed by atoms with Crippen LogP contribution in [0.4, 0.5) is 11.4 Å². The number of nitro groups is 1. The van der Waals surface area contributed by atoms with Crippen LogP contribution in [-0.4, -0.2) is 20.4 Å². The quantitative estimate of drug-likeness (QED) is 0.655. The molecule has 7 nitrogen and oxygen atoms in total. The normalized spacial score (nSPS) is 11.9. The number of nitrogens with one attached hydrogen (secondary N) is 1. The Kier molecular flexibility index (Phi) is 4.88. The maximum Gasteiger partial charge on any atom is 0.293 e. The fourth-order valence-corrected chi connectivity index (χ4v) is 2.42. The zero-order chi connectivity index (χ0) is 16.1. The van der Waals surface area contributed by atoms with E-state index in [9.17, 15) is 14.9 Å². The zero-order valence-corrected chi connectivity index (χ0v) is 12.5. The van der Waals surface area contributed by atoms with Gasteiger partial charge in [0.05, 0.1) is 17.3 Å². The smallest absolute Gasteiger partial charge is 0.293 e. The Labute approximate surface area is 128 Å². The third kappa shape index (κ3) is 3.49. The van der Waals surface area contributed by atoms with Gasteiger partial charge in [-0.25, -0.2) is 4.98 Å². The van der Waals surface area contributed by atoms with Gasteiger partial charge in [0.2, 0.25) is 5.91 Å². The molecule has 2 aromatic rings. The van der Waals surface area contributed by atoms with Gasteiger partial charge in [0.25, 0.3) is 5.69 Å². The average Bonchev–Trinajstić information content (AvgIpc) is 2.98. The van der Waals surface area contributed by atoms with Gasteiger partial charge >= 0.3 is 0 Å². The van der Waals surface area contributed by atoms with Gasteiger partial charge in [-0.05, 0) is 18.1 Å². The number of aromatic nitrogens is 2. The number of nitrogens with zero attached hydrogens (tertiary/aromatic N) is 3. The van der Waals surface area contributed by atoms with Gasteiger partial charge in [0, 0.05) is 25.4 Å². The number of hydrogen-bond acceptors (Lipinski definition) is 4. The second kappa shape index (κ2) is 6.84. The molecule has 1 heterocycles. The van der Waals surface area contributed by atoms with Crippen molar-refractivity contribution < 1.29 is 9.72 Å². The van der Waals surface area contributed by atoms with Crippen molar-refractivity contribution in [2.45, 2.75) is 32.7 Å². The van der Waals surface area contributed by atoms with Crippen molar-refractivity contribution >= 4 is 17.3 Å². The van der Waals surface area contributed by atoms with Crippen molar-refractivity contribution in [3.05, 3.63) is 52.6 Å². The topological polar surface area (TPSA) is 90.1 Å². The first-order valence-electron chi connectivity index (χ1n) is 7.06. The van der Waals surface area contributed by atoms with Crippen LogP contribution in [0, 0.1) is 10.1 Å². The molecular formula is C15H18N4O3. The fraction of sp³-hybridized carbons (Fsp3) is 0.333. The number of carbonyl (C=O) groups excluding carboxylic acids is 1. The van der Waals surface area contributed by atoms with Gasteiger partial charge in [-0.3, -0.25) is 14.9 Å². The summed E-state index contributed by atoms with van der Waals surface area (Å²) >= 11 is 0. The van der Waals surface area contributed by atoms with Crippen LogP contribution < -0.4 is 5.32 Å². The Hall–Kier alpha value is -2.70. The standard InChI is InChI=1S/C15H18N4O3/c1-3-4-14(18-8-7-16-10-18)12-5-6-13(17-11(2)20)15(9-12)19(21)22/h5-10,14H,3-4H2,1-2H3,(H,17,20). The molecule has 0 fully saturated rings. The summed E-state index contributed by atoms with van der Waals surface area (Å²) in [5.41, 5.74) is 0.928. The maximum atomic E-state index is 11.3. The van der Waals surface area contributed by atoms with Gasteiger partial charge in [-0.15, -0.1) is 0 Å². The Bertz CT molecular complexity index is 667. The molecule has 2 rings (SSSR count). The largest absolute Gasteiger partial charge is 0.330 e. The van der Waals surface area contributed by atoms with Crippen LogP contribution in [0.25, 0.3) is 0 Å². The SMILES string of the molecule is CCCC(c1ccc(NC(C)=O)c([N+](=O)[O-])c1)n1ccnc1. The molecule has 1 aromatic carbocycles. The number of nitro benzene ring substituents is 1. The maximum absolute atomic E-state index is 11.3. The molecule has 116 valence electrons. The summed E-state index contributed by atoms with van der Waals surface area (Å²) in [4.78, 5) is 26.0. The van der Waals surface area contributed by atoms with E-state index in [1.807, 2.05) is 10.8 Å². The van der Waals surface area contributed by atoms with E-state index in [0.717, 1.165) is 18.4 Å². The van der Waals surface area contributed by atoms with E-state index in [4.69, 9.17) is 0 Å². The van der Waals surface area contributed by atoms with E-state index in [1.165, 1.54) is 13.0 Å². The Morgan fingerprint density at radius 3 is 2.82 bits per heavy atom. The summed E-state index contributed by atoms with van der Waals surface area (Å²) in [5, 5.41) is 13.7. The Balaban J connectivity index is 2.43. The van der Waals surface area contributed by atoms with Gasteiger partial charge in [-0.1, -0.05) is 19.4 Å². The number of carbonyl (C=O) groups is 1. The fourth-order valence-electron chi connectivity index (χ4n) is 2.42. The van der Waals surface area contributed by atoms with Crippen molar-refractivity contribution in [1.29, 1.82) is 0 Å². The molecule has 1 atom stereocenters.